The highest BCUT2D eigenvalue weighted by Crippen LogP contribution is 2.29. The molecule has 1 aliphatic heterocycles. The molecule has 3 rings (SSSR count). The van der Waals surface area contributed by atoms with E-state index in [-0.39, 0.29) is 24.2 Å². The molecular weight excluding hydrogens is 324 g/mol. The first-order chi connectivity index (χ1) is 11.4. The number of nitrogens with one attached hydrogen (secondary N) is 1. The van der Waals surface area contributed by atoms with E-state index in [0.717, 1.165) is 16.8 Å². The number of carbonyl (C=O) groups excluding carboxylic acids is 2. The molecule has 1 atom stereocenters. The second-order valence-corrected chi connectivity index (χ2v) is 6.63. The van der Waals surface area contributed by atoms with Gasteiger partial charge in [0.25, 0.3) is 0 Å². The summed E-state index contributed by atoms with van der Waals surface area (Å²) in [6, 6.07) is 13.0. The van der Waals surface area contributed by atoms with Gasteiger partial charge in [-0.25, -0.2) is 0 Å². The molecular formula is C19H19ClN2O2. The highest BCUT2D eigenvalue weighted by Gasteiger charge is 2.35. The van der Waals surface area contributed by atoms with Crippen molar-refractivity contribution in [2.24, 2.45) is 5.92 Å². The number of benzene rings is 2. The van der Waals surface area contributed by atoms with Crippen LogP contribution >= 0.6 is 11.6 Å². The Hall–Kier alpha value is -2.33. The number of rotatable bonds is 3. The Labute approximate surface area is 146 Å². The van der Waals surface area contributed by atoms with Crippen molar-refractivity contribution < 1.29 is 9.59 Å². The quantitative estimate of drug-likeness (QED) is 0.918. The zero-order valence-electron chi connectivity index (χ0n) is 13.7. The Balaban J connectivity index is 1.73. The molecule has 4 nitrogen and oxygen atoms in total. The number of halogens is 1. The van der Waals surface area contributed by atoms with Crippen LogP contribution in [0.1, 0.15) is 17.5 Å². The molecule has 2 aromatic carbocycles. The molecule has 0 bridgehead atoms. The Morgan fingerprint density at radius 1 is 1.17 bits per heavy atom. The van der Waals surface area contributed by atoms with Gasteiger partial charge in [-0.1, -0.05) is 23.7 Å². The third-order valence-electron chi connectivity index (χ3n) is 4.26. The molecule has 2 aromatic rings. The lowest BCUT2D eigenvalue weighted by Gasteiger charge is -2.19. The summed E-state index contributed by atoms with van der Waals surface area (Å²) in [6.45, 7) is 4.37. The second-order valence-electron chi connectivity index (χ2n) is 6.19. The monoisotopic (exact) mass is 342 g/mol. The smallest absolute Gasteiger partial charge is 0.229 e. The highest BCUT2D eigenvalue weighted by atomic mass is 35.5. The minimum atomic E-state index is -0.354. The van der Waals surface area contributed by atoms with Crippen molar-refractivity contribution in [3.8, 4) is 0 Å². The normalized spacial score (nSPS) is 17.2. The predicted octanol–water partition coefficient (Wildman–Crippen LogP) is 3.95. The van der Waals surface area contributed by atoms with Crippen LogP contribution in [0.2, 0.25) is 5.02 Å². The summed E-state index contributed by atoms with van der Waals surface area (Å²) in [5.41, 5.74) is 3.70. The maximum absolute atomic E-state index is 12.5. The zero-order chi connectivity index (χ0) is 17.3. The van der Waals surface area contributed by atoms with Gasteiger partial charge in [-0.2, -0.15) is 0 Å². The lowest BCUT2D eigenvalue weighted by atomic mass is 10.1. The van der Waals surface area contributed by atoms with Crippen LogP contribution in [0.4, 0.5) is 11.4 Å². The molecule has 124 valence electrons. The summed E-state index contributed by atoms with van der Waals surface area (Å²) in [4.78, 5) is 26.5. The van der Waals surface area contributed by atoms with Gasteiger partial charge in [-0.05, 0) is 55.3 Å². The van der Waals surface area contributed by atoms with Crippen molar-refractivity contribution in [3.05, 3.63) is 58.6 Å². The maximum atomic E-state index is 12.5. The lowest BCUT2D eigenvalue weighted by Crippen LogP contribution is -2.28. The molecule has 0 aliphatic carbocycles. The van der Waals surface area contributed by atoms with Crippen LogP contribution in [-0.4, -0.2) is 18.4 Å². The highest BCUT2D eigenvalue weighted by molar-refractivity contribution is 6.30. The lowest BCUT2D eigenvalue weighted by molar-refractivity contribution is -0.122. The number of amides is 2. The SMILES string of the molecule is Cc1ccc(C)c(N2C[C@@H](C(=O)Nc3ccc(Cl)cc3)CC2=O)c1. The van der Waals surface area contributed by atoms with Crippen LogP contribution in [0.15, 0.2) is 42.5 Å². The Kier molecular flexibility index (Phi) is 4.58. The molecule has 1 heterocycles. The first kappa shape index (κ1) is 16.5. The third kappa shape index (κ3) is 3.44. The molecule has 5 heteroatoms. The average Bonchev–Trinajstić information content (AvgIpc) is 2.94. The Morgan fingerprint density at radius 2 is 1.88 bits per heavy atom. The van der Waals surface area contributed by atoms with Gasteiger partial charge >= 0.3 is 0 Å². The van der Waals surface area contributed by atoms with E-state index in [1.807, 2.05) is 32.0 Å². The summed E-state index contributed by atoms with van der Waals surface area (Å²) in [5, 5.41) is 3.47. The van der Waals surface area contributed by atoms with Gasteiger partial charge in [-0.3, -0.25) is 9.59 Å². The van der Waals surface area contributed by atoms with Gasteiger partial charge in [0, 0.05) is 29.4 Å². The summed E-state index contributed by atoms with van der Waals surface area (Å²) in [6.07, 6.45) is 0.229. The molecule has 0 spiro atoms. The van der Waals surface area contributed by atoms with Crippen molar-refractivity contribution >= 4 is 34.8 Å². The fourth-order valence-corrected chi connectivity index (χ4v) is 3.03. The molecule has 24 heavy (non-hydrogen) atoms. The van der Waals surface area contributed by atoms with Crippen LogP contribution in [0.5, 0.6) is 0 Å². The number of nitrogens with zero attached hydrogens (tertiary/aromatic N) is 1. The molecule has 0 unspecified atom stereocenters. The Morgan fingerprint density at radius 3 is 2.58 bits per heavy atom. The van der Waals surface area contributed by atoms with Crippen molar-refractivity contribution in [3.63, 3.8) is 0 Å². The molecule has 1 saturated heterocycles. The van der Waals surface area contributed by atoms with Gasteiger partial charge in [0.2, 0.25) is 11.8 Å². The number of hydrogen-bond donors (Lipinski definition) is 1. The van der Waals surface area contributed by atoms with E-state index in [1.165, 1.54) is 0 Å². The second kappa shape index (κ2) is 6.65. The van der Waals surface area contributed by atoms with E-state index in [9.17, 15) is 9.59 Å². The van der Waals surface area contributed by atoms with Gasteiger partial charge in [-0.15, -0.1) is 0 Å². The number of aryl methyl sites for hydroxylation is 2. The summed E-state index contributed by atoms with van der Waals surface area (Å²) < 4.78 is 0. The van der Waals surface area contributed by atoms with Crippen LogP contribution < -0.4 is 10.2 Å². The van der Waals surface area contributed by atoms with Crippen molar-refractivity contribution in [1.82, 2.24) is 0 Å². The van der Waals surface area contributed by atoms with E-state index in [1.54, 1.807) is 29.2 Å². The predicted molar refractivity (Wildman–Crippen MR) is 96.5 cm³/mol. The summed E-state index contributed by atoms with van der Waals surface area (Å²) >= 11 is 5.84. The fourth-order valence-electron chi connectivity index (χ4n) is 2.90. The number of anilines is 2. The van der Waals surface area contributed by atoms with Gasteiger partial charge < -0.3 is 10.2 Å². The molecule has 0 aromatic heterocycles. The average molecular weight is 343 g/mol. The molecule has 0 radical (unpaired) electrons. The molecule has 1 fully saturated rings. The molecule has 1 aliphatic rings. The first-order valence-electron chi connectivity index (χ1n) is 7.88. The molecule has 2 amide bonds. The minimum absolute atomic E-state index is 0.0139. The van der Waals surface area contributed by atoms with E-state index in [2.05, 4.69) is 5.32 Å². The van der Waals surface area contributed by atoms with Crippen LogP contribution in [0, 0.1) is 19.8 Å². The van der Waals surface area contributed by atoms with Gasteiger partial charge in [0.05, 0.1) is 5.92 Å². The number of hydrogen-bond acceptors (Lipinski definition) is 2. The van der Waals surface area contributed by atoms with Crippen molar-refractivity contribution in [1.29, 1.82) is 0 Å². The van der Waals surface area contributed by atoms with Crippen LogP contribution in [-0.2, 0) is 9.59 Å². The van der Waals surface area contributed by atoms with Crippen LogP contribution in [0.3, 0.4) is 0 Å². The van der Waals surface area contributed by atoms with Gasteiger partial charge in [0.1, 0.15) is 0 Å². The van der Waals surface area contributed by atoms with E-state index >= 15 is 0 Å². The maximum Gasteiger partial charge on any atom is 0.229 e. The zero-order valence-corrected chi connectivity index (χ0v) is 14.4. The van der Waals surface area contributed by atoms with Gasteiger partial charge in [0.15, 0.2) is 0 Å². The minimum Gasteiger partial charge on any atom is -0.326 e. The topological polar surface area (TPSA) is 49.4 Å². The van der Waals surface area contributed by atoms with Crippen LogP contribution in [0.25, 0.3) is 0 Å². The largest absolute Gasteiger partial charge is 0.326 e. The Bertz CT molecular complexity index is 786. The third-order valence-corrected chi connectivity index (χ3v) is 4.51. The summed E-state index contributed by atoms with van der Waals surface area (Å²) in [7, 11) is 0. The number of carbonyl (C=O) groups is 2. The molecule has 0 saturated carbocycles. The van der Waals surface area contributed by atoms with E-state index in [0.29, 0.717) is 17.3 Å². The first-order valence-corrected chi connectivity index (χ1v) is 8.26. The standard InChI is InChI=1S/C19H19ClN2O2/c1-12-3-4-13(2)17(9-12)22-11-14(10-18(22)23)19(24)21-16-7-5-15(20)6-8-16/h3-9,14H,10-11H2,1-2H3,(H,21,24)/t14-/m0/s1. The van der Waals surface area contributed by atoms with Crippen molar-refractivity contribution in [2.75, 3.05) is 16.8 Å². The van der Waals surface area contributed by atoms with Crippen molar-refractivity contribution in [2.45, 2.75) is 20.3 Å². The van der Waals surface area contributed by atoms with E-state index < -0.39 is 0 Å². The fraction of sp³-hybridized carbons (Fsp3) is 0.263. The molecule has 1 N–H and O–H groups in total. The van der Waals surface area contributed by atoms with E-state index in [4.69, 9.17) is 11.6 Å². The summed E-state index contributed by atoms with van der Waals surface area (Å²) in [5.74, 6) is -0.508.